The molecule has 0 aliphatic heterocycles. The molecule has 0 radical (unpaired) electrons. The van der Waals surface area contributed by atoms with Crippen LogP contribution in [-0.2, 0) is 19.0 Å². The average Bonchev–Trinajstić information content (AvgIpc) is 3.07. The van der Waals surface area contributed by atoms with Crippen molar-refractivity contribution in [2.75, 3.05) is 12.4 Å². The van der Waals surface area contributed by atoms with Crippen LogP contribution >= 0.6 is 0 Å². The Morgan fingerprint density at radius 3 is 2.77 bits per heavy atom. The van der Waals surface area contributed by atoms with Crippen LogP contribution in [0, 0.1) is 6.92 Å². The van der Waals surface area contributed by atoms with Crippen molar-refractivity contribution in [1.82, 2.24) is 4.98 Å². The van der Waals surface area contributed by atoms with Gasteiger partial charge in [0.05, 0.1) is 30.0 Å². The maximum absolute atomic E-state index is 13.0. The zero-order valence-corrected chi connectivity index (χ0v) is 16.5. The van der Waals surface area contributed by atoms with Gasteiger partial charge in [0, 0.05) is 12.1 Å². The van der Waals surface area contributed by atoms with Gasteiger partial charge in [0.1, 0.15) is 5.75 Å². The molecule has 8 heteroatoms. The molecule has 1 aromatic heterocycles. The highest BCUT2D eigenvalue weighted by Crippen LogP contribution is 2.39. The van der Waals surface area contributed by atoms with Gasteiger partial charge in [0.15, 0.2) is 5.76 Å². The van der Waals surface area contributed by atoms with Crippen LogP contribution in [0.5, 0.6) is 5.75 Å². The Labute approximate surface area is 171 Å². The predicted molar refractivity (Wildman–Crippen MR) is 106 cm³/mol. The number of alkyl halides is 3. The van der Waals surface area contributed by atoms with Gasteiger partial charge in [-0.2, -0.15) is 18.2 Å². The van der Waals surface area contributed by atoms with Gasteiger partial charge in [-0.3, -0.25) is 0 Å². The molecule has 3 aromatic rings. The van der Waals surface area contributed by atoms with Crippen LogP contribution in [0.4, 0.5) is 24.9 Å². The first-order valence-electron chi connectivity index (χ1n) is 9.55. The quantitative estimate of drug-likeness (QED) is 0.604. The Hall–Kier alpha value is -3.00. The number of nitrogens with one attached hydrogen (secondary N) is 1. The van der Waals surface area contributed by atoms with Crippen LogP contribution in [-0.4, -0.2) is 23.3 Å². The van der Waals surface area contributed by atoms with E-state index in [1.54, 1.807) is 6.92 Å². The van der Waals surface area contributed by atoms with Gasteiger partial charge in [-0.15, -0.1) is 0 Å². The van der Waals surface area contributed by atoms with Crippen LogP contribution in [0.25, 0.3) is 11.3 Å². The van der Waals surface area contributed by atoms with Crippen molar-refractivity contribution in [3.8, 4) is 17.1 Å². The Morgan fingerprint density at radius 1 is 1.23 bits per heavy atom. The molecule has 1 heterocycles. The molecule has 0 saturated heterocycles. The number of halogens is 3. The largest absolute Gasteiger partial charge is 0.496 e. The first-order valence-corrected chi connectivity index (χ1v) is 9.55. The van der Waals surface area contributed by atoms with Crippen LogP contribution in [0.1, 0.15) is 28.8 Å². The SMILES string of the molecule is COc1cc(C(F)(F)F)ccc1-c1oc(Nc2cccc3c2CC(O)CC3)nc1C. The second-order valence-electron chi connectivity index (χ2n) is 7.31. The van der Waals surface area contributed by atoms with E-state index >= 15 is 0 Å². The number of rotatable bonds is 4. The maximum atomic E-state index is 13.0. The topological polar surface area (TPSA) is 67.5 Å². The number of benzene rings is 2. The summed E-state index contributed by atoms with van der Waals surface area (Å²) in [4.78, 5) is 4.38. The van der Waals surface area contributed by atoms with Gasteiger partial charge in [0.25, 0.3) is 6.01 Å². The lowest BCUT2D eigenvalue weighted by Crippen LogP contribution is -2.19. The lowest BCUT2D eigenvalue weighted by molar-refractivity contribution is -0.137. The fourth-order valence-electron chi connectivity index (χ4n) is 3.76. The van der Waals surface area contributed by atoms with Crippen LogP contribution in [0.2, 0.25) is 0 Å². The van der Waals surface area contributed by atoms with Crippen LogP contribution < -0.4 is 10.1 Å². The highest BCUT2D eigenvalue weighted by Gasteiger charge is 2.32. The molecule has 30 heavy (non-hydrogen) atoms. The first kappa shape index (κ1) is 20.3. The number of oxazole rings is 1. The molecular formula is C22H21F3N2O3. The van der Waals surface area contributed by atoms with E-state index in [9.17, 15) is 18.3 Å². The van der Waals surface area contributed by atoms with Crippen LogP contribution in [0.3, 0.4) is 0 Å². The standard InChI is InChI=1S/C22H21F3N2O3/c1-12-20(16-9-7-14(22(23,24)25)10-19(16)29-2)30-21(26-12)27-18-5-3-4-13-6-8-15(28)11-17(13)18/h3-5,7,9-10,15,28H,6,8,11H2,1-2H3,(H,26,27). The van der Waals surface area contributed by atoms with Crippen molar-refractivity contribution in [1.29, 1.82) is 0 Å². The molecule has 1 aliphatic carbocycles. The third-order valence-electron chi connectivity index (χ3n) is 5.27. The van der Waals surface area contributed by atoms with Gasteiger partial charge in [0.2, 0.25) is 0 Å². The summed E-state index contributed by atoms with van der Waals surface area (Å²) in [5, 5.41) is 13.2. The lowest BCUT2D eigenvalue weighted by atomic mass is 9.88. The smallest absolute Gasteiger partial charge is 0.416 e. The van der Waals surface area contributed by atoms with Gasteiger partial charge in [-0.1, -0.05) is 12.1 Å². The van der Waals surface area contributed by atoms with Crippen molar-refractivity contribution in [2.24, 2.45) is 0 Å². The van der Waals surface area contributed by atoms with E-state index in [0.717, 1.165) is 36.2 Å². The van der Waals surface area contributed by atoms with E-state index in [4.69, 9.17) is 9.15 Å². The number of hydrogen-bond donors (Lipinski definition) is 2. The normalized spacial score (nSPS) is 16.3. The van der Waals surface area contributed by atoms with Gasteiger partial charge in [-0.25, -0.2) is 0 Å². The molecule has 0 bridgehead atoms. The summed E-state index contributed by atoms with van der Waals surface area (Å²) in [6, 6.07) is 9.31. The number of aliphatic hydroxyl groups excluding tert-OH is 1. The Morgan fingerprint density at radius 2 is 2.03 bits per heavy atom. The molecule has 1 unspecified atom stereocenters. The average molecular weight is 418 g/mol. The number of hydrogen-bond acceptors (Lipinski definition) is 5. The van der Waals surface area contributed by atoms with Gasteiger partial charge >= 0.3 is 6.18 Å². The fraction of sp³-hybridized carbons (Fsp3) is 0.318. The van der Waals surface area contributed by atoms with Gasteiger partial charge in [-0.05, 0) is 55.2 Å². The Balaban J connectivity index is 1.67. The van der Waals surface area contributed by atoms with Crippen molar-refractivity contribution in [3.05, 3.63) is 58.8 Å². The van der Waals surface area contributed by atoms with Gasteiger partial charge < -0.3 is 19.6 Å². The first-order chi connectivity index (χ1) is 14.3. The zero-order valence-electron chi connectivity index (χ0n) is 16.5. The summed E-state index contributed by atoms with van der Waals surface area (Å²) in [6.07, 6.45) is -2.79. The minimum Gasteiger partial charge on any atom is -0.496 e. The summed E-state index contributed by atoms with van der Waals surface area (Å²) in [6.45, 7) is 1.71. The number of fused-ring (bicyclic) bond motifs is 1. The predicted octanol–water partition coefficient (Wildman–Crippen LogP) is 5.27. The molecule has 158 valence electrons. The summed E-state index contributed by atoms with van der Waals surface area (Å²) in [7, 11) is 1.31. The number of anilines is 2. The molecule has 0 spiro atoms. The molecule has 1 aliphatic rings. The summed E-state index contributed by atoms with van der Waals surface area (Å²) < 4.78 is 50.0. The number of aliphatic hydroxyl groups is 1. The molecule has 5 nitrogen and oxygen atoms in total. The monoisotopic (exact) mass is 418 g/mol. The molecule has 0 saturated carbocycles. The number of methoxy groups -OCH3 is 1. The minimum absolute atomic E-state index is 0.0517. The summed E-state index contributed by atoms with van der Waals surface area (Å²) in [5.41, 5.74) is 3.07. The van der Waals surface area contributed by atoms with E-state index in [1.165, 1.54) is 18.7 Å². The molecule has 4 rings (SSSR count). The third-order valence-corrected chi connectivity index (χ3v) is 5.27. The van der Waals surface area contributed by atoms with Crippen molar-refractivity contribution < 1.29 is 27.4 Å². The second kappa shape index (κ2) is 7.68. The number of aromatic nitrogens is 1. The molecular weight excluding hydrogens is 397 g/mol. The van der Waals surface area contributed by atoms with Crippen molar-refractivity contribution in [3.63, 3.8) is 0 Å². The summed E-state index contributed by atoms with van der Waals surface area (Å²) >= 11 is 0. The maximum Gasteiger partial charge on any atom is 0.416 e. The van der Waals surface area contributed by atoms with E-state index < -0.39 is 17.8 Å². The highest BCUT2D eigenvalue weighted by atomic mass is 19.4. The number of ether oxygens (including phenoxy) is 1. The third kappa shape index (κ3) is 3.87. The van der Waals surface area contributed by atoms with E-state index in [0.29, 0.717) is 23.4 Å². The molecule has 0 fully saturated rings. The lowest BCUT2D eigenvalue weighted by Gasteiger charge is -2.23. The summed E-state index contributed by atoms with van der Waals surface area (Å²) in [5.74, 6) is 0.378. The van der Waals surface area contributed by atoms with Crippen LogP contribution in [0.15, 0.2) is 40.8 Å². The molecule has 2 N–H and O–H groups in total. The molecule has 0 amide bonds. The number of aryl methyl sites for hydroxylation is 2. The molecule has 2 aromatic carbocycles. The van der Waals surface area contributed by atoms with Crippen molar-refractivity contribution in [2.45, 2.75) is 38.5 Å². The Bertz CT molecular complexity index is 1080. The highest BCUT2D eigenvalue weighted by molar-refractivity contribution is 5.70. The minimum atomic E-state index is -4.47. The molecule has 1 atom stereocenters. The van der Waals surface area contributed by atoms with Crippen molar-refractivity contribution >= 4 is 11.7 Å². The number of nitrogens with zero attached hydrogens (tertiary/aromatic N) is 1. The van der Waals surface area contributed by atoms with E-state index in [2.05, 4.69) is 10.3 Å². The van der Waals surface area contributed by atoms with E-state index in [-0.39, 0.29) is 11.8 Å². The second-order valence-corrected chi connectivity index (χ2v) is 7.31. The Kier molecular flexibility index (Phi) is 5.19. The van der Waals surface area contributed by atoms with E-state index in [1.807, 2.05) is 18.2 Å². The zero-order chi connectivity index (χ0) is 21.5. The fourth-order valence-corrected chi connectivity index (χ4v) is 3.76.